The first-order chi connectivity index (χ1) is 9.83. The summed E-state index contributed by atoms with van der Waals surface area (Å²) in [6.07, 6.45) is 22.6. The standard InChI is InChI=1S/C20H36/c1-3-5-6-8-18-11-15-20(16-12-18)19-13-9-17(7-4-2)10-14-19/h6,8,17-20H,3-5,7,9-16H2,1-2H3. The van der Waals surface area contributed by atoms with Crippen molar-refractivity contribution in [1.29, 1.82) is 0 Å². The van der Waals surface area contributed by atoms with Crippen molar-refractivity contribution in [3.05, 3.63) is 12.2 Å². The quantitative estimate of drug-likeness (QED) is 0.470. The third-order valence-corrected chi connectivity index (χ3v) is 5.94. The molecule has 0 amide bonds. The molecule has 0 heterocycles. The highest BCUT2D eigenvalue weighted by atomic mass is 14.3. The number of rotatable bonds is 6. The van der Waals surface area contributed by atoms with Gasteiger partial charge in [-0.25, -0.2) is 0 Å². The molecular formula is C20H36. The Balaban J connectivity index is 1.67. The Bertz CT molecular complexity index is 262. The molecule has 116 valence electrons. The Morgan fingerprint density at radius 3 is 1.90 bits per heavy atom. The van der Waals surface area contributed by atoms with Crippen LogP contribution in [-0.2, 0) is 0 Å². The van der Waals surface area contributed by atoms with E-state index in [1.807, 2.05) is 0 Å². The van der Waals surface area contributed by atoms with Crippen LogP contribution in [0.15, 0.2) is 12.2 Å². The summed E-state index contributed by atoms with van der Waals surface area (Å²) in [4.78, 5) is 0. The zero-order chi connectivity index (χ0) is 14.2. The molecular weight excluding hydrogens is 240 g/mol. The fraction of sp³-hybridized carbons (Fsp3) is 0.900. The fourth-order valence-corrected chi connectivity index (χ4v) is 4.62. The van der Waals surface area contributed by atoms with E-state index in [0.717, 1.165) is 23.7 Å². The molecule has 0 aromatic carbocycles. The fourth-order valence-electron chi connectivity index (χ4n) is 4.62. The second-order valence-corrected chi connectivity index (χ2v) is 7.46. The SMILES string of the molecule is CCCC=CC1CCC(C2CCC(CCC)CC2)CC1. The Hall–Kier alpha value is -0.260. The van der Waals surface area contributed by atoms with Crippen LogP contribution < -0.4 is 0 Å². The highest BCUT2D eigenvalue weighted by Gasteiger charge is 2.29. The summed E-state index contributed by atoms with van der Waals surface area (Å²) in [7, 11) is 0. The number of unbranched alkanes of at least 4 members (excludes halogenated alkanes) is 1. The normalized spacial score (nSPS) is 35.5. The van der Waals surface area contributed by atoms with Crippen LogP contribution in [0.4, 0.5) is 0 Å². The van der Waals surface area contributed by atoms with Gasteiger partial charge in [-0.05, 0) is 68.6 Å². The van der Waals surface area contributed by atoms with Crippen molar-refractivity contribution in [2.45, 2.75) is 90.9 Å². The zero-order valence-electron chi connectivity index (χ0n) is 13.9. The Labute approximate surface area is 127 Å². The zero-order valence-corrected chi connectivity index (χ0v) is 13.9. The number of hydrogen-bond donors (Lipinski definition) is 0. The first-order valence-corrected chi connectivity index (χ1v) is 9.50. The van der Waals surface area contributed by atoms with E-state index in [1.54, 1.807) is 12.8 Å². The molecule has 2 aliphatic carbocycles. The van der Waals surface area contributed by atoms with E-state index in [-0.39, 0.29) is 0 Å². The van der Waals surface area contributed by atoms with E-state index in [0.29, 0.717) is 0 Å². The van der Waals surface area contributed by atoms with Crippen LogP contribution in [0.3, 0.4) is 0 Å². The first-order valence-electron chi connectivity index (χ1n) is 9.50. The largest absolute Gasteiger partial charge is 0.0883 e. The van der Waals surface area contributed by atoms with E-state index >= 15 is 0 Å². The van der Waals surface area contributed by atoms with Crippen molar-refractivity contribution in [3.63, 3.8) is 0 Å². The summed E-state index contributed by atoms with van der Waals surface area (Å²) in [5.41, 5.74) is 0. The predicted octanol–water partition coefficient (Wildman–Crippen LogP) is 6.76. The molecule has 0 saturated heterocycles. The molecule has 0 aliphatic heterocycles. The third kappa shape index (κ3) is 4.93. The molecule has 2 fully saturated rings. The second kappa shape index (κ2) is 8.90. The van der Waals surface area contributed by atoms with E-state index in [1.165, 1.54) is 64.2 Å². The second-order valence-electron chi connectivity index (χ2n) is 7.46. The van der Waals surface area contributed by atoms with E-state index in [2.05, 4.69) is 26.0 Å². The highest BCUT2D eigenvalue weighted by Crippen LogP contribution is 2.42. The van der Waals surface area contributed by atoms with E-state index in [4.69, 9.17) is 0 Å². The van der Waals surface area contributed by atoms with E-state index in [9.17, 15) is 0 Å². The first kappa shape index (κ1) is 16.1. The van der Waals surface area contributed by atoms with Gasteiger partial charge in [0.2, 0.25) is 0 Å². The molecule has 20 heavy (non-hydrogen) atoms. The van der Waals surface area contributed by atoms with Gasteiger partial charge in [-0.1, -0.05) is 58.1 Å². The minimum Gasteiger partial charge on any atom is -0.0883 e. The predicted molar refractivity (Wildman–Crippen MR) is 89.9 cm³/mol. The summed E-state index contributed by atoms with van der Waals surface area (Å²) in [5.74, 6) is 4.15. The maximum Gasteiger partial charge on any atom is -0.0233 e. The van der Waals surface area contributed by atoms with Gasteiger partial charge in [0.25, 0.3) is 0 Å². The van der Waals surface area contributed by atoms with Crippen molar-refractivity contribution < 1.29 is 0 Å². The van der Waals surface area contributed by atoms with Gasteiger partial charge in [0.15, 0.2) is 0 Å². The molecule has 0 spiro atoms. The number of hydrogen-bond acceptors (Lipinski definition) is 0. The van der Waals surface area contributed by atoms with Crippen LogP contribution in [-0.4, -0.2) is 0 Å². The van der Waals surface area contributed by atoms with Crippen molar-refractivity contribution in [2.75, 3.05) is 0 Å². The van der Waals surface area contributed by atoms with Crippen LogP contribution in [0.1, 0.15) is 90.9 Å². The average Bonchev–Trinajstić information content (AvgIpc) is 2.49. The lowest BCUT2D eigenvalue weighted by molar-refractivity contribution is 0.152. The highest BCUT2D eigenvalue weighted by molar-refractivity contribution is 4.92. The lowest BCUT2D eigenvalue weighted by Crippen LogP contribution is -2.25. The van der Waals surface area contributed by atoms with E-state index < -0.39 is 0 Å². The van der Waals surface area contributed by atoms with Crippen LogP contribution in [0.5, 0.6) is 0 Å². The molecule has 0 N–H and O–H groups in total. The van der Waals surface area contributed by atoms with Gasteiger partial charge in [0, 0.05) is 0 Å². The molecule has 2 rings (SSSR count). The van der Waals surface area contributed by atoms with Crippen LogP contribution in [0.25, 0.3) is 0 Å². The maximum atomic E-state index is 2.53. The molecule has 0 unspecified atom stereocenters. The minimum atomic E-state index is 0.911. The summed E-state index contributed by atoms with van der Waals surface area (Å²) >= 11 is 0. The molecule has 0 heteroatoms. The molecule has 2 saturated carbocycles. The van der Waals surface area contributed by atoms with Gasteiger partial charge in [0.1, 0.15) is 0 Å². The van der Waals surface area contributed by atoms with Crippen molar-refractivity contribution >= 4 is 0 Å². The smallest absolute Gasteiger partial charge is 0.0233 e. The Morgan fingerprint density at radius 2 is 1.35 bits per heavy atom. The lowest BCUT2D eigenvalue weighted by Gasteiger charge is -2.37. The molecule has 0 radical (unpaired) electrons. The summed E-state index contributed by atoms with van der Waals surface area (Å²) in [6.45, 7) is 4.62. The Kier molecular flexibility index (Phi) is 7.17. The van der Waals surface area contributed by atoms with Crippen LogP contribution >= 0.6 is 0 Å². The average molecular weight is 277 g/mol. The van der Waals surface area contributed by atoms with Gasteiger partial charge in [-0.3, -0.25) is 0 Å². The van der Waals surface area contributed by atoms with Crippen LogP contribution in [0.2, 0.25) is 0 Å². The Morgan fingerprint density at radius 1 is 0.750 bits per heavy atom. The molecule has 0 aromatic heterocycles. The van der Waals surface area contributed by atoms with Gasteiger partial charge < -0.3 is 0 Å². The van der Waals surface area contributed by atoms with Crippen LogP contribution in [0, 0.1) is 23.7 Å². The summed E-state index contributed by atoms with van der Waals surface area (Å²) in [5, 5.41) is 0. The molecule has 0 atom stereocenters. The molecule has 0 aromatic rings. The summed E-state index contributed by atoms with van der Waals surface area (Å²) in [6, 6.07) is 0. The number of allylic oxidation sites excluding steroid dienone is 2. The summed E-state index contributed by atoms with van der Waals surface area (Å²) < 4.78 is 0. The molecule has 0 nitrogen and oxygen atoms in total. The third-order valence-electron chi connectivity index (χ3n) is 5.94. The lowest BCUT2D eigenvalue weighted by atomic mass is 9.68. The maximum absolute atomic E-state index is 2.53. The van der Waals surface area contributed by atoms with Crippen molar-refractivity contribution in [2.24, 2.45) is 23.7 Å². The monoisotopic (exact) mass is 276 g/mol. The van der Waals surface area contributed by atoms with Crippen molar-refractivity contribution in [3.8, 4) is 0 Å². The topological polar surface area (TPSA) is 0 Å². The molecule has 2 aliphatic rings. The van der Waals surface area contributed by atoms with Gasteiger partial charge in [-0.15, -0.1) is 0 Å². The minimum absolute atomic E-state index is 0.911. The van der Waals surface area contributed by atoms with Gasteiger partial charge in [0.05, 0.1) is 0 Å². The van der Waals surface area contributed by atoms with Crippen molar-refractivity contribution in [1.82, 2.24) is 0 Å². The van der Waals surface area contributed by atoms with Gasteiger partial charge >= 0.3 is 0 Å². The molecule has 0 bridgehead atoms. The van der Waals surface area contributed by atoms with Gasteiger partial charge in [-0.2, -0.15) is 0 Å².